The first-order chi connectivity index (χ1) is 13.8. The highest BCUT2D eigenvalue weighted by atomic mass is 19.4. The molecular formula is C19H27F3N6O. The Kier molecular flexibility index (Phi) is 7.14. The third kappa shape index (κ3) is 6.72. The summed E-state index contributed by atoms with van der Waals surface area (Å²) in [6.45, 7) is -0.959. The van der Waals surface area contributed by atoms with Crippen molar-refractivity contribution < 1.29 is 18.3 Å². The SMILES string of the molecule is N#Cc1cnc(N[C@H]2CC[C@H](NCC(F)(F)F)CC2)nc1N[C@@H]1CCC[C@H](O)C1. The van der Waals surface area contributed by atoms with Gasteiger partial charge in [0.1, 0.15) is 17.5 Å². The molecule has 0 aliphatic heterocycles. The van der Waals surface area contributed by atoms with E-state index in [4.69, 9.17) is 0 Å². The lowest BCUT2D eigenvalue weighted by atomic mass is 9.91. The predicted molar refractivity (Wildman–Crippen MR) is 102 cm³/mol. The smallest absolute Gasteiger partial charge is 0.393 e. The molecule has 1 heterocycles. The molecule has 1 aromatic heterocycles. The summed E-state index contributed by atoms with van der Waals surface area (Å²) >= 11 is 0. The minimum Gasteiger partial charge on any atom is -0.393 e. The van der Waals surface area contributed by atoms with Gasteiger partial charge in [-0.1, -0.05) is 0 Å². The molecule has 1 aromatic rings. The summed E-state index contributed by atoms with van der Waals surface area (Å²) in [6.07, 6.45) is 2.90. The Morgan fingerprint density at radius 3 is 2.45 bits per heavy atom. The van der Waals surface area contributed by atoms with Crippen molar-refractivity contribution >= 4 is 11.8 Å². The van der Waals surface area contributed by atoms with Gasteiger partial charge in [-0.2, -0.15) is 23.4 Å². The van der Waals surface area contributed by atoms with Crippen LogP contribution in [0.15, 0.2) is 6.20 Å². The highest BCUT2D eigenvalue weighted by Crippen LogP contribution is 2.25. The number of hydrogen-bond donors (Lipinski definition) is 4. The molecule has 29 heavy (non-hydrogen) atoms. The summed E-state index contributed by atoms with van der Waals surface area (Å²) in [5.41, 5.74) is 0.343. The lowest BCUT2D eigenvalue weighted by molar-refractivity contribution is -0.126. The van der Waals surface area contributed by atoms with Crippen LogP contribution in [0, 0.1) is 11.3 Å². The molecule has 0 saturated heterocycles. The van der Waals surface area contributed by atoms with Gasteiger partial charge in [-0.15, -0.1) is 0 Å². The fourth-order valence-electron chi connectivity index (χ4n) is 4.02. The van der Waals surface area contributed by atoms with E-state index in [1.165, 1.54) is 6.20 Å². The second-order valence-corrected chi connectivity index (χ2v) is 7.92. The second kappa shape index (κ2) is 9.59. The fourth-order valence-corrected chi connectivity index (χ4v) is 4.02. The van der Waals surface area contributed by atoms with E-state index in [1.54, 1.807) is 0 Å². The van der Waals surface area contributed by atoms with Crippen molar-refractivity contribution in [2.24, 2.45) is 0 Å². The maximum absolute atomic E-state index is 12.3. The zero-order valence-corrected chi connectivity index (χ0v) is 16.2. The van der Waals surface area contributed by atoms with Gasteiger partial charge in [-0.05, 0) is 51.4 Å². The normalized spacial score (nSPS) is 27.8. The van der Waals surface area contributed by atoms with Crippen molar-refractivity contribution in [2.45, 2.75) is 81.8 Å². The number of aliphatic hydroxyl groups excluding tert-OH is 1. The summed E-state index contributed by atoms with van der Waals surface area (Å²) in [5.74, 6) is 0.846. The van der Waals surface area contributed by atoms with Gasteiger partial charge in [-0.25, -0.2) is 4.98 Å². The largest absolute Gasteiger partial charge is 0.401 e. The average Bonchev–Trinajstić information content (AvgIpc) is 2.67. The molecule has 2 atom stereocenters. The van der Waals surface area contributed by atoms with E-state index in [0.717, 1.165) is 32.1 Å². The number of anilines is 2. The summed E-state index contributed by atoms with van der Waals surface area (Å²) in [5, 5.41) is 28.2. The highest BCUT2D eigenvalue weighted by Gasteiger charge is 2.30. The van der Waals surface area contributed by atoms with Crippen LogP contribution >= 0.6 is 0 Å². The number of nitriles is 1. The number of aliphatic hydroxyl groups is 1. The Labute approximate surface area is 168 Å². The van der Waals surface area contributed by atoms with Gasteiger partial charge in [-0.3, -0.25) is 0 Å². The lowest BCUT2D eigenvalue weighted by Gasteiger charge is -2.30. The zero-order chi connectivity index (χ0) is 20.9. The van der Waals surface area contributed by atoms with E-state index in [0.29, 0.717) is 36.6 Å². The van der Waals surface area contributed by atoms with Gasteiger partial charge in [0.05, 0.1) is 18.8 Å². The summed E-state index contributed by atoms with van der Waals surface area (Å²) < 4.78 is 37.0. The molecule has 2 fully saturated rings. The van der Waals surface area contributed by atoms with Crippen LogP contribution in [-0.4, -0.2) is 52.0 Å². The first-order valence-electron chi connectivity index (χ1n) is 10.1. The van der Waals surface area contributed by atoms with E-state index in [9.17, 15) is 23.5 Å². The Hall–Kier alpha value is -2.12. The maximum Gasteiger partial charge on any atom is 0.401 e. The topological polar surface area (TPSA) is 106 Å². The van der Waals surface area contributed by atoms with E-state index >= 15 is 0 Å². The van der Waals surface area contributed by atoms with Gasteiger partial charge in [0.15, 0.2) is 0 Å². The molecule has 0 amide bonds. The third-order valence-corrected chi connectivity index (χ3v) is 5.55. The van der Waals surface area contributed by atoms with E-state index in [-0.39, 0.29) is 24.2 Å². The molecule has 2 aliphatic rings. The maximum atomic E-state index is 12.3. The molecule has 4 N–H and O–H groups in total. The van der Waals surface area contributed by atoms with Crippen molar-refractivity contribution in [2.75, 3.05) is 17.2 Å². The summed E-state index contributed by atoms with van der Waals surface area (Å²) in [6, 6.07) is 2.09. The standard InChI is InChI=1S/C19H27F3N6O/c20-19(21,22)11-25-13-4-6-14(7-5-13)27-18-24-10-12(9-23)17(28-18)26-15-2-1-3-16(29)8-15/h10,13-16,25,29H,1-8,11H2,(H2,24,26,27,28)/t13-,14-,15-,16+/m1/s1. The Bertz CT molecular complexity index is 715. The van der Waals surface area contributed by atoms with Crippen molar-refractivity contribution in [1.29, 1.82) is 5.26 Å². The molecule has 10 heteroatoms. The molecule has 0 unspecified atom stereocenters. The highest BCUT2D eigenvalue weighted by molar-refractivity contribution is 5.54. The summed E-state index contributed by atoms with van der Waals surface area (Å²) in [7, 11) is 0. The van der Waals surface area contributed by atoms with Crippen LogP contribution in [0.25, 0.3) is 0 Å². The average molecular weight is 412 g/mol. The lowest BCUT2D eigenvalue weighted by Crippen LogP contribution is -2.41. The molecule has 0 spiro atoms. The number of nitrogens with zero attached hydrogens (tertiary/aromatic N) is 3. The van der Waals surface area contributed by atoms with Crippen molar-refractivity contribution in [3.8, 4) is 6.07 Å². The van der Waals surface area contributed by atoms with Crippen LogP contribution in [0.3, 0.4) is 0 Å². The third-order valence-electron chi connectivity index (χ3n) is 5.55. The second-order valence-electron chi connectivity index (χ2n) is 7.92. The monoisotopic (exact) mass is 412 g/mol. The van der Waals surface area contributed by atoms with Crippen LogP contribution in [0.2, 0.25) is 0 Å². The van der Waals surface area contributed by atoms with Crippen molar-refractivity contribution in [3.63, 3.8) is 0 Å². The van der Waals surface area contributed by atoms with Crippen LogP contribution < -0.4 is 16.0 Å². The van der Waals surface area contributed by atoms with Crippen LogP contribution in [0.5, 0.6) is 0 Å². The number of halogens is 3. The fraction of sp³-hybridized carbons (Fsp3) is 0.737. The summed E-state index contributed by atoms with van der Waals surface area (Å²) in [4.78, 5) is 8.64. The van der Waals surface area contributed by atoms with Crippen LogP contribution in [0.1, 0.15) is 56.9 Å². The molecule has 3 rings (SSSR count). The van der Waals surface area contributed by atoms with Crippen molar-refractivity contribution in [3.05, 3.63) is 11.8 Å². The molecule has 0 aromatic carbocycles. The number of nitrogens with one attached hydrogen (secondary N) is 3. The van der Waals surface area contributed by atoms with E-state index in [1.807, 2.05) is 0 Å². The molecule has 2 saturated carbocycles. The number of rotatable bonds is 6. The van der Waals surface area contributed by atoms with Gasteiger partial charge < -0.3 is 21.1 Å². The number of alkyl halides is 3. The Morgan fingerprint density at radius 1 is 1.07 bits per heavy atom. The molecule has 0 bridgehead atoms. The van der Waals surface area contributed by atoms with Gasteiger partial charge in [0.25, 0.3) is 0 Å². The Balaban J connectivity index is 1.54. The first kappa shape index (κ1) is 21.6. The number of hydrogen-bond acceptors (Lipinski definition) is 7. The minimum absolute atomic E-state index is 0.0590. The molecular weight excluding hydrogens is 385 g/mol. The van der Waals surface area contributed by atoms with E-state index in [2.05, 4.69) is 32.0 Å². The van der Waals surface area contributed by atoms with Crippen LogP contribution in [0.4, 0.5) is 24.9 Å². The van der Waals surface area contributed by atoms with Gasteiger partial charge in [0.2, 0.25) is 5.95 Å². The van der Waals surface area contributed by atoms with Gasteiger partial charge >= 0.3 is 6.18 Å². The van der Waals surface area contributed by atoms with E-state index < -0.39 is 12.7 Å². The zero-order valence-electron chi connectivity index (χ0n) is 16.2. The van der Waals surface area contributed by atoms with Crippen LogP contribution in [-0.2, 0) is 0 Å². The minimum atomic E-state index is -4.19. The van der Waals surface area contributed by atoms with Crippen molar-refractivity contribution in [1.82, 2.24) is 15.3 Å². The molecule has 2 aliphatic carbocycles. The predicted octanol–water partition coefficient (Wildman–Crippen LogP) is 2.94. The first-order valence-corrected chi connectivity index (χ1v) is 10.1. The molecule has 0 radical (unpaired) electrons. The Morgan fingerprint density at radius 2 is 1.79 bits per heavy atom. The molecule has 160 valence electrons. The van der Waals surface area contributed by atoms with Gasteiger partial charge in [0, 0.05) is 18.1 Å². The quantitative estimate of drug-likeness (QED) is 0.569. The number of aromatic nitrogens is 2. The molecule has 7 nitrogen and oxygen atoms in total.